The summed E-state index contributed by atoms with van der Waals surface area (Å²) in [7, 11) is 0. The quantitative estimate of drug-likeness (QED) is 0.815. The van der Waals surface area contributed by atoms with E-state index in [1.165, 1.54) is 18.3 Å². The lowest BCUT2D eigenvalue weighted by Crippen LogP contribution is -2.33. The number of hydrogen-bond acceptors (Lipinski definition) is 5. The third-order valence-electron chi connectivity index (χ3n) is 4.10. The molecule has 2 N–H and O–H groups in total. The lowest BCUT2D eigenvalue weighted by atomic mass is 10.1. The molecule has 0 radical (unpaired) electrons. The number of carbonyl (C=O) groups is 2. The van der Waals surface area contributed by atoms with Gasteiger partial charge < -0.3 is 20.1 Å². The molecule has 138 valence electrons. The third kappa shape index (κ3) is 4.54. The highest BCUT2D eigenvalue weighted by molar-refractivity contribution is 7.10. The van der Waals surface area contributed by atoms with Gasteiger partial charge in [0.1, 0.15) is 13.2 Å². The third-order valence-corrected chi connectivity index (χ3v) is 5.08. The molecule has 0 saturated carbocycles. The van der Waals surface area contributed by atoms with Gasteiger partial charge in [-0.15, -0.1) is 11.3 Å². The molecule has 0 bridgehead atoms. The van der Waals surface area contributed by atoms with Crippen LogP contribution >= 0.6 is 11.3 Å². The van der Waals surface area contributed by atoms with E-state index in [1.807, 2.05) is 42.6 Å². The Labute approximate surface area is 156 Å². The first-order chi connectivity index (χ1) is 12.5. The fourth-order valence-electron chi connectivity index (χ4n) is 2.86. The molecule has 0 spiro atoms. The standard InChI is InChI=1S/C19H22N2O4S/c1-12(14-5-6-16-17(10-14)25-8-7-24-16)20-19(23)11-15(21-13(2)22)18-4-3-9-26-18/h3-6,9-10,12,15H,7-8,11H2,1-2H3,(H,20,23)(H,21,22)/t12-,15+/m1/s1. The molecule has 0 saturated heterocycles. The topological polar surface area (TPSA) is 76.7 Å². The van der Waals surface area contributed by atoms with Crippen molar-refractivity contribution in [2.45, 2.75) is 32.4 Å². The van der Waals surface area contributed by atoms with Gasteiger partial charge in [0.05, 0.1) is 18.5 Å². The zero-order valence-electron chi connectivity index (χ0n) is 14.8. The van der Waals surface area contributed by atoms with Gasteiger partial charge >= 0.3 is 0 Å². The van der Waals surface area contributed by atoms with Crippen molar-refractivity contribution < 1.29 is 19.1 Å². The molecule has 2 atom stereocenters. The second-order valence-electron chi connectivity index (χ2n) is 6.16. The van der Waals surface area contributed by atoms with Gasteiger partial charge in [0, 0.05) is 11.8 Å². The molecule has 1 aliphatic rings. The van der Waals surface area contributed by atoms with Gasteiger partial charge in [0.2, 0.25) is 11.8 Å². The van der Waals surface area contributed by atoms with Crippen molar-refractivity contribution >= 4 is 23.2 Å². The van der Waals surface area contributed by atoms with Gasteiger partial charge in [0.25, 0.3) is 0 Å². The number of thiophene rings is 1. The van der Waals surface area contributed by atoms with Crippen LogP contribution in [0.25, 0.3) is 0 Å². The Hall–Kier alpha value is -2.54. The Bertz CT molecular complexity index is 776. The Morgan fingerprint density at radius 2 is 1.92 bits per heavy atom. The molecule has 2 aromatic rings. The number of ether oxygens (including phenoxy) is 2. The lowest BCUT2D eigenvalue weighted by Gasteiger charge is -2.22. The lowest BCUT2D eigenvalue weighted by molar-refractivity contribution is -0.123. The molecule has 2 heterocycles. The number of rotatable bonds is 6. The second kappa shape index (κ2) is 8.23. The van der Waals surface area contributed by atoms with Gasteiger partial charge in [-0.25, -0.2) is 0 Å². The van der Waals surface area contributed by atoms with Crippen molar-refractivity contribution in [3.63, 3.8) is 0 Å². The Morgan fingerprint density at radius 1 is 1.15 bits per heavy atom. The Kier molecular flexibility index (Phi) is 5.78. The minimum Gasteiger partial charge on any atom is -0.486 e. The van der Waals surface area contributed by atoms with E-state index in [2.05, 4.69) is 10.6 Å². The van der Waals surface area contributed by atoms with Crippen LogP contribution in [0.15, 0.2) is 35.7 Å². The van der Waals surface area contributed by atoms with E-state index in [0.717, 1.165) is 16.2 Å². The molecular weight excluding hydrogens is 352 g/mol. The second-order valence-corrected chi connectivity index (χ2v) is 7.14. The number of benzene rings is 1. The first kappa shape index (κ1) is 18.3. The summed E-state index contributed by atoms with van der Waals surface area (Å²) >= 11 is 1.52. The monoisotopic (exact) mass is 374 g/mol. The van der Waals surface area contributed by atoms with Crippen LogP contribution in [0.4, 0.5) is 0 Å². The van der Waals surface area contributed by atoms with Gasteiger partial charge in [-0.1, -0.05) is 12.1 Å². The maximum Gasteiger partial charge on any atom is 0.222 e. The maximum atomic E-state index is 12.5. The van der Waals surface area contributed by atoms with E-state index < -0.39 is 0 Å². The first-order valence-corrected chi connectivity index (χ1v) is 9.40. The summed E-state index contributed by atoms with van der Waals surface area (Å²) in [6.45, 7) is 4.44. The molecule has 1 aromatic heterocycles. The van der Waals surface area contributed by atoms with Crippen LogP contribution in [0.1, 0.15) is 42.8 Å². The highest BCUT2D eigenvalue weighted by Gasteiger charge is 2.20. The molecule has 6 nitrogen and oxygen atoms in total. The number of amides is 2. The number of hydrogen-bond donors (Lipinski definition) is 2. The summed E-state index contributed by atoms with van der Waals surface area (Å²) in [5.41, 5.74) is 0.940. The normalized spacial score (nSPS) is 15.0. The highest BCUT2D eigenvalue weighted by atomic mass is 32.1. The zero-order valence-corrected chi connectivity index (χ0v) is 15.6. The minimum atomic E-state index is -0.319. The van der Waals surface area contributed by atoms with E-state index in [0.29, 0.717) is 19.0 Å². The first-order valence-electron chi connectivity index (χ1n) is 8.52. The van der Waals surface area contributed by atoms with Crippen molar-refractivity contribution in [2.75, 3.05) is 13.2 Å². The fraction of sp³-hybridized carbons (Fsp3) is 0.368. The summed E-state index contributed by atoms with van der Waals surface area (Å²) < 4.78 is 11.1. The van der Waals surface area contributed by atoms with E-state index in [9.17, 15) is 9.59 Å². The molecule has 7 heteroatoms. The van der Waals surface area contributed by atoms with Crippen LogP contribution in [-0.4, -0.2) is 25.0 Å². The summed E-state index contributed by atoms with van der Waals surface area (Å²) in [5.74, 6) is 1.14. The van der Waals surface area contributed by atoms with Crippen molar-refractivity contribution in [1.82, 2.24) is 10.6 Å². The Balaban J connectivity index is 1.63. The van der Waals surface area contributed by atoms with Crippen LogP contribution in [0.5, 0.6) is 11.5 Å². The molecule has 0 fully saturated rings. The summed E-state index contributed by atoms with van der Waals surface area (Å²) in [4.78, 5) is 24.9. The SMILES string of the molecule is CC(=O)N[C@@H](CC(=O)N[C@H](C)c1ccc2c(c1)OCCO2)c1cccs1. The molecule has 3 rings (SSSR count). The molecular formula is C19H22N2O4S. The number of carbonyl (C=O) groups excluding carboxylic acids is 2. The van der Waals surface area contributed by atoms with Gasteiger partial charge in [0.15, 0.2) is 11.5 Å². The van der Waals surface area contributed by atoms with Gasteiger partial charge in [-0.3, -0.25) is 9.59 Å². The summed E-state index contributed by atoms with van der Waals surface area (Å²) in [5, 5.41) is 7.76. The molecule has 1 aromatic carbocycles. The summed E-state index contributed by atoms with van der Waals surface area (Å²) in [6, 6.07) is 9.00. The maximum absolute atomic E-state index is 12.5. The average Bonchev–Trinajstić information content (AvgIpc) is 3.15. The van der Waals surface area contributed by atoms with Crippen molar-refractivity contribution in [1.29, 1.82) is 0 Å². The molecule has 1 aliphatic heterocycles. The largest absolute Gasteiger partial charge is 0.486 e. The van der Waals surface area contributed by atoms with Crippen LogP contribution in [0.2, 0.25) is 0 Å². The van der Waals surface area contributed by atoms with E-state index in [-0.39, 0.29) is 30.3 Å². The van der Waals surface area contributed by atoms with Crippen LogP contribution in [0.3, 0.4) is 0 Å². The number of fused-ring (bicyclic) bond motifs is 1. The molecule has 0 unspecified atom stereocenters. The molecule has 0 aliphatic carbocycles. The van der Waals surface area contributed by atoms with Gasteiger partial charge in [-0.2, -0.15) is 0 Å². The van der Waals surface area contributed by atoms with Crippen LogP contribution < -0.4 is 20.1 Å². The van der Waals surface area contributed by atoms with E-state index >= 15 is 0 Å². The molecule has 26 heavy (non-hydrogen) atoms. The minimum absolute atomic E-state index is 0.125. The van der Waals surface area contributed by atoms with Crippen LogP contribution in [-0.2, 0) is 9.59 Å². The van der Waals surface area contributed by atoms with Gasteiger partial charge in [-0.05, 0) is 36.1 Å². The van der Waals surface area contributed by atoms with E-state index in [1.54, 1.807) is 0 Å². The van der Waals surface area contributed by atoms with Crippen LogP contribution in [0, 0.1) is 0 Å². The number of nitrogens with one attached hydrogen (secondary N) is 2. The smallest absolute Gasteiger partial charge is 0.222 e. The highest BCUT2D eigenvalue weighted by Crippen LogP contribution is 2.32. The summed E-state index contributed by atoms with van der Waals surface area (Å²) in [6.07, 6.45) is 0.189. The predicted molar refractivity (Wildman–Crippen MR) is 99.5 cm³/mol. The fourth-order valence-corrected chi connectivity index (χ4v) is 3.63. The van der Waals surface area contributed by atoms with E-state index in [4.69, 9.17) is 9.47 Å². The Morgan fingerprint density at radius 3 is 2.62 bits per heavy atom. The zero-order chi connectivity index (χ0) is 18.5. The van der Waals surface area contributed by atoms with Crippen molar-refractivity contribution in [3.05, 3.63) is 46.2 Å². The molecule has 2 amide bonds. The predicted octanol–water partition coefficient (Wildman–Crippen LogP) is 2.96. The van der Waals surface area contributed by atoms with Crippen molar-refractivity contribution in [2.24, 2.45) is 0 Å². The average molecular weight is 374 g/mol. The van der Waals surface area contributed by atoms with Crippen molar-refractivity contribution in [3.8, 4) is 11.5 Å².